The molecule has 0 aliphatic carbocycles. The second-order valence-electron chi connectivity index (χ2n) is 9.98. The third-order valence-corrected chi connectivity index (χ3v) is 8.13. The van der Waals surface area contributed by atoms with Gasteiger partial charge in [-0.15, -0.1) is 5.10 Å². The number of benzene rings is 4. The molecule has 0 bridgehead atoms. The lowest BCUT2D eigenvalue weighted by Gasteiger charge is -2.07. The smallest absolute Gasteiger partial charge is 0.291 e. The predicted octanol–water partition coefficient (Wildman–Crippen LogP) is 6.95. The molecule has 4 aromatic carbocycles. The van der Waals surface area contributed by atoms with Crippen molar-refractivity contribution in [1.82, 2.24) is 24.4 Å². The molecular formula is C35H24ClN5O2S. The predicted molar refractivity (Wildman–Crippen MR) is 176 cm³/mol. The molecule has 0 saturated carbocycles. The maximum Gasteiger partial charge on any atom is 0.291 e. The molecule has 0 fully saturated rings. The first-order valence-corrected chi connectivity index (χ1v) is 15.1. The van der Waals surface area contributed by atoms with Crippen LogP contribution in [-0.4, -0.2) is 24.4 Å². The van der Waals surface area contributed by atoms with Crippen molar-refractivity contribution in [3.05, 3.63) is 158 Å². The van der Waals surface area contributed by atoms with E-state index in [1.165, 1.54) is 15.9 Å². The van der Waals surface area contributed by atoms with Crippen molar-refractivity contribution in [3.63, 3.8) is 0 Å². The Balaban J connectivity index is 1.21. The van der Waals surface area contributed by atoms with Gasteiger partial charge in [-0.3, -0.25) is 4.79 Å². The zero-order chi connectivity index (χ0) is 29.9. The number of fused-ring (bicyclic) bond motifs is 1. The Bertz CT molecular complexity index is 2190. The Labute approximate surface area is 261 Å². The topological polar surface area (TPSA) is 74.3 Å². The van der Waals surface area contributed by atoms with Crippen LogP contribution in [0.15, 0.2) is 120 Å². The van der Waals surface area contributed by atoms with Crippen molar-refractivity contribution in [2.75, 3.05) is 0 Å². The second-order valence-corrected chi connectivity index (χ2v) is 11.4. The number of halogens is 1. The summed E-state index contributed by atoms with van der Waals surface area (Å²) in [4.78, 5) is 18.5. The third kappa shape index (κ3) is 5.94. The Hall–Kier alpha value is -5.31. The average Bonchev–Trinajstić information content (AvgIpc) is 3.75. The maximum absolute atomic E-state index is 13.4. The van der Waals surface area contributed by atoms with E-state index in [0.717, 1.165) is 39.4 Å². The molecule has 3 aromatic heterocycles. The van der Waals surface area contributed by atoms with Crippen molar-refractivity contribution < 1.29 is 4.74 Å². The van der Waals surface area contributed by atoms with Crippen molar-refractivity contribution in [3.8, 4) is 22.7 Å². The van der Waals surface area contributed by atoms with Crippen LogP contribution in [0.5, 0.6) is 5.75 Å². The summed E-state index contributed by atoms with van der Waals surface area (Å²) in [7, 11) is 0. The number of hydrogen-bond donors (Lipinski definition) is 0. The lowest BCUT2D eigenvalue weighted by Crippen LogP contribution is -2.23. The number of ether oxygens (including phenoxy) is 1. The van der Waals surface area contributed by atoms with Crippen molar-refractivity contribution >= 4 is 46.1 Å². The standard InChI is InChI=1S/C35H24ClN5O2S/c36-28-16-11-25(12-17-28)23-43-30-18-14-26(15-19-30)33-27(22-40(39-33)29-9-5-2-6-10-29)21-31-34(42)41-35(44-31)37-32(38-41)20-13-24-7-3-1-4-8-24/h1-22H,23H2/b20-13+,31-21-. The first-order chi connectivity index (χ1) is 21.6. The lowest BCUT2D eigenvalue weighted by molar-refractivity contribution is 0.306. The molecule has 0 radical (unpaired) electrons. The molecule has 7 nitrogen and oxygen atoms in total. The van der Waals surface area contributed by atoms with Gasteiger partial charge in [-0.05, 0) is 71.8 Å². The quantitative estimate of drug-likeness (QED) is 0.185. The molecule has 9 heteroatoms. The molecule has 7 rings (SSSR count). The molecule has 0 aliphatic rings. The van der Waals surface area contributed by atoms with E-state index in [0.29, 0.717) is 26.9 Å². The van der Waals surface area contributed by atoms with Gasteiger partial charge in [-0.25, -0.2) is 4.68 Å². The van der Waals surface area contributed by atoms with Crippen LogP contribution in [0.25, 0.3) is 40.1 Å². The van der Waals surface area contributed by atoms with Crippen molar-refractivity contribution in [1.29, 1.82) is 0 Å². The highest BCUT2D eigenvalue weighted by molar-refractivity contribution is 7.15. The van der Waals surface area contributed by atoms with Crippen LogP contribution in [0.3, 0.4) is 0 Å². The number of aromatic nitrogens is 5. The van der Waals surface area contributed by atoms with E-state index in [-0.39, 0.29) is 5.56 Å². The molecule has 44 heavy (non-hydrogen) atoms. The largest absolute Gasteiger partial charge is 0.489 e. The summed E-state index contributed by atoms with van der Waals surface area (Å²) in [6.07, 6.45) is 7.52. The third-order valence-electron chi connectivity index (χ3n) is 6.92. The van der Waals surface area contributed by atoms with E-state index in [1.54, 1.807) is 0 Å². The minimum absolute atomic E-state index is 0.221. The van der Waals surface area contributed by atoms with Crippen LogP contribution in [0.4, 0.5) is 0 Å². The minimum Gasteiger partial charge on any atom is -0.489 e. The van der Waals surface area contributed by atoms with Gasteiger partial charge in [0, 0.05) is 22.3 Å². The van der Waals surface area contributed by atoms with Crippen molar-refractivity contribution in [2.24, 2.45) is 0 Å². The fourth-order valence-corrected chi connectivity index (χ4v) is 5.71. The molecule has 7 aromatic rings. The molecule has 0 unspecified atom stereocenters. The highest BCUT2D eigenvalue weighted by Gasteiger charge is 2.14. The summed E-state index contributed by atoms with van der Waals surface area (Å²) >= 11 is 7.29. The molecule has 0 amide bonds. The van der Waals surface area contributed by atoms with Gasteiger partial charge in [0.1, 0.15) is 18.1 Å². The fraction of sp³-hybridized carbons (Fsp3) is 0.0286. The summed E-state index contributed by atoms with van der Waals surface area (Å²) in [6.45, 7) is 0.433. The van der Waals surface area contributed by atoms with Crippen LogP contribution in [0.2, 0.25) is 5.02 Å². The van der Waals surface area contributed by atoms with E-state index >= 15 is 0 Å². The van der Waals surface area contributed by atoms with Crippen LogP contribution in [-0.2, 0) is 6.61 Å². The molecule has 0 saturated heterocycles. The monoisotopic (exact) mass is 613 g/mol. The average molecular weight is 614 g/mol. The van der Waals surface area contributed by atoms with Gasteiger partial charge in [0.15, 0.2) is 5.82 Å². The zero-order valence-corrected chi connectivity index (χ0v) is 24.8. The molecule has 0 spiro atoms. The van der Waals surface area contributed by atoms with Gasteiger partial charge >= 0.3 is 0 Å². The molecule has 0 aliphatic heterocycles. The summed E-state index contributed by atoms with van der Waals surface area (Å²) in [6, 6.07) is 35.1. The highest BCUT2D eigenvalue weighted by atomic mass is 35.5. The molecule has 3 heterocycles. The van der Waals surface area contributed by atoms with Gasteiger partial charge in [0.25, 0.3) is 5.56 Å². The van der Waals surface area contributed by atoms with Crippen LogP contribution < -0.4 is 14.8 Å². The second kappa shape index (κ2) is 12.1. The summed E-state index contributed by atoms with van der Waals surface area (Å²) in [5, 5.41) is 10.0. The number of para-hydroxylation sites is 1. The van der Waals surface area contributed by atoms with Crippen molar-refractivity contribution in [2.45, 2.75) is 6.61 Å². The minimum atomic E-state index is -0.221. The first kappa shape index (κ1) is 27.5. The SMILES string of the molecule is O=c1/c(=C/c2cn(-c3ccccc3)nc2-c2ccc(OCc3ccc(Cl)cc3)cc2)sc2nc(/C=C/c3ccccc3)nn12. The van der Waals surface area contributed by atoms with E-state index in [1.807, 2.05) is 138 Å². The molecular weight excluding hydrogens is 590 g/mol. The normalized spacial score (nSPS) is 12.0. The number of thiazole rings is 1. The van der Waals surface area contributed by atoms with Crippen LogP contribution in [0.1, 0.15) is 22.5 Å². The van der Waals surface area contributed by atoms with Gasteiger partial charge in [0.2, 0.25) is 4.96 Å². The molecule has 0 N–H and O–H groups in total. The zero-order valence-electron chi connectivity index (χ0n) is 23.2. The molecule has 0 atom stereocenters. The van der Waals surface area contributed by atoms with Crippen LogP contribution >= 0.6 is 22.9 Å². The van der Waals surface area contributed by atoms with E-state index < -0.39 is 0 Å². The summed E-state index contributed by atoms with van der Waals surface area (Å²) in [5.41, 5.74) is 5.19. The van der Waals surface area contributed by atoms with Gasteiger partial charge in [-0.2, -0.15) is 14.6 Å². The van der Waals surface area contributed by atoms with Gasteiger partial charge in [0.05, 0.1) is 10.2 Å². The van der Waals surface area contributed by atoms with E-state index in [2.05, 4.69) is 10.1 Å². The van der Waals surface area contributed by atoms with E-state index in [9.17, 15) is 4.79 Å². The lowest BCUT2D eigenvalue weighted by atomic mass is 10.1. The summed E-state index contributed by atoms with van der Waals surface area (Å²) in [5.74, 6) is 1.22. The summed E-state index contributed by atoms with van der Waals surface area (Å²) < 4.78 is 9.68. The number of hydrogen-bond acceptors (Lipinski definition) is 6. The van der Waals surface area contributed by atoms with Gasteiger partial charge < -0.3 is 4.74 Å². The molecule has 214 valence electrons. The van der Waals surface area contributed by atoms with Crippen LogP contribution in [0, 0.1) is 0 Å². The highest BCUT2D eigenvalue weighted by Crippen LogP contribution is 2.27. The Morgan fingerprint density at radius 2 is 1.55 bits per heavy atom. The maximum atomic E-state index is 13.4. The van der Waals surface area contributed by atoms with E-state index in [4.69, 9.17) is 21.4 Å². The number of nitrogens with zero attached hydrogens (tertiary/aromatic N) is 5. The Morgan fingerprint density at radius 3 is 2.27 bits per heavy atom. The Morgan fingerprint density at radius 1 is 0.818 bits per heavy atom. The fourth-order valence-electron chi connectivity index (χ4n) is 4.68. The van der Waals surface area contributed by atoms with Gasteiger partial charge in [-0.1, -0.05) is 89.7 Å². The Kier molecular flexibility index (Phi) is 7.58. The first-order valence-electron chi connectivity index (χ1n) is 13.9. The number of rotatable bonds is 8.